The second kappa shape index (κ2) is 5.47. The first kappa shape index (κ1) is 15.5. The minimum Gasteiger partial charge on any atom is -0.373 e. The van der Waals surface area contributed by atoms with Gasteiger partial charge in [-0.1, -0.05) is 38.5 Å². The van der Waals surface area contributed by atoms with E-state index in [-0.39, 0.29) is 5.41 Å². The Morgan fingerprint density at radius 1 is 0.905 bits per heavy atom. The van der Waals surface area contributed by atoms with Crippen LogP contribution in [0.25, 0.3) is 11.3 Å². The zero-order chi connectivity index (χ0) is 15.8. The van der Waals surface area contributed by atoms with Gasteiger partial charge < -0.3 is 5.32 Å². The molecule has 1 aromatic heterocycles. The van der Waals surface area contributed by atoms with Crippen molar-refractivity contribution >= 4 is 5.82 Å². The van der Waals surface area contributed by atoms with Gasteiger partial charge in [-0.3, -0.25) is 0 Å². The number of nitrogens with one attached hydrogen (secondary N) is 1. The second-order valence-electron chi connectivity index (χ2n) is 6.74. The van der Waals surface area contributed by atoms with E-state index in [0.29, 0.717) is 0 Å². The lowest BCUT2D eigenvalue weighted by molar-refractivity contribution is 0.547. The molecule has 0 spiro atoms. The van der Waals surface area contributed by atoms with E-state index < -0.39 is 0 Å². The fourth-order valence-electron chi connectivity index (χ4n) is 2.62. The van der Waals surface area contributed by atoms with Gasteiger partial charge in [0.05, 0.1) is 5.69 Å². The van der Waals surface area contributed by atoms with Gasteiger partial charge >= 0.3 is 0 Å². The Hall–Kier alpha value is -1.90. The van der Waals surface area contributed by atoms with Crippen LogP contribution in [0.15, 0.2) is 18.2 Å². The molecule has 0 radical (unpaired) electrons. The van der Waals surface area contributed by atoms with Crippen molar-refractivity contribution in [2.24, 2.45) is 0 Å². The lowest BCUT2D eigenvalue weighted by Gasteiger charge is -2.20. The summed E-state index contributed by atoms with van der Waals surface area (Å²) in [6.07, 6.45) is 0. The van der Waals surface area contributed by atoms with Crippen LogP contribution < -0.4 is 5.32 Å². The number of aryl methyl sites for hydroxylation is 3. The summed E-state index contributed by atoms with van der Waals surface area (Å²) in [7, 11) is 1.90. The van der Waals surface area contributed by atoms with E-state index in [9.17, 15) is 0 Å². The van der Waals surface area contributed by atoms with Gasteiger partial charge in [-0.25, -0.2) is 9.97 Å². The normalized spacial score (nSPS) is 11.6. The smallest absolute Gasteiger partial charge is 0.136 e. The van der Waals surface area contributed by atoms with Gasteiger partial charge in [-0.15, -0.1) is 0 Å². The zero-order valence-electron chi connectivity index (χ0n) is 14.1. The Bertz CT molecular complexity index is 644. The Kier molecular flexibility index (Phi) is 4.04. The Labute approximate surface area is 127 Å². The van der Waals surface area contributed by atoms with Crippen molar-refractivity contribution in [1.29, 1.82) is 0 Å². The molecule has 2 aromatic rings. The Morgan fingerprint density at radius 3 is 1.95 bits per heavy atom. The quantitative estimate of drug-likeness (QED) is 0.887. The average Bonchev–Trinajstić information content (AvgIpc) is 2.36. The first-order valence-corrected chi connectivity index (χ1v) is 7.38. The van der Waals surface area contributed by atoms with Gasteiger partial charge in [0.25, 0.3) is 0 Å². The molecule has 112 valence electrons. The van der Waals surface area contributed by atoms with Gasteiger partial charge in [-0.2, -0.15) is 0 Å². The summed E-state index contributed by atoms with van der Waals surface area (Å²) in [5.74, 6) is 1.73. The lowest BCUT2D eigenvalue weighted by atomic mass is 9.94. The van der Waals surface area contributed by atoms with Crippen LogP contribution >= 0.6 is 0 Å². The van der Waals surface area contributed by atoms with Gasteiger partial charge in [0.15, 0.2) is 0 Å². The van der Waals surface area contributed by atoms with E-state index >= 15 is 0 Å². The highest BCUT2D eigenvalue weighted by Gasteiger charge is 2.20. The van der Waals surface area contributed by atoms with Crippen LogP contribution in [0.3, 0.4) is 0 Å². The molecular weight excluding hydrogens is 258 g/mol. The van der Waals surface area contributed by atoms with Crippen molar-refractivity contribution in [3.8, 4) is 11.3 Å². The van der Waals surface area contributed by atoms with E-state index in [2.05, 4.69) is 64.0 Å². The van der Waals surface area contributed by atoms with Crippen molar-refractivity contribution in [1.82, 2.24) is 9.97 Å². The van der Waals surface area contributed by atoms with E-state index in [4.69, 9.17) is 4.98 Å². The van der Waals surface area contributed by atoms with Gasteiger partial charge in [0.1, 0.15) is 11.6 Å². The Balaban J connectivity index is 2.70. The molecule has 3 nitrogen and oxygen atoms in total. The number of rotatable bonds is 2. The van der Waals surface area contributed by atoms with Crippen LogP contribution in [0.4, 0.5) is 5.82 Å². The molecule has 0 fully saturated rings. The number of nitrogens with zero attached hydrogens (tertiary/aromatic N) is 2. The van der Waals surface area contributed by atoms with Crippen LogP contribution in [-0.4, -0.2) is 17.0 Å². The highest BCUT2D eigenvalue weighted by atomic mass is 15.0. The zero-order valence-corrected chi connectivity index (χ0v) is 14.1. The molecular formula is C18H25N3. The fraction of sp³-hybridized carbons (Fsp3) is 0.444. The van der Waals surface area contributed by atoms with E-state index in [1.807, 2.05) is 13.1 Å². The largest absolute Gasteiger partial charge is 0.373 e. The summed E-state index contributed by atoms with van der Waals surface area (Å²) in [4.78, 5) is 9.43. The average molecular weight is 283 g/mol. The SMILES string of the molecule is CNc1cc(-c2c(C)cc(C)cc2C)nc(C(C)(C)C)n1. The molecule has 1 heterocycles. The molecule has 0 atom stereocenters. The van der Waals surface area contributed by atoms with Crippen LogP contribution in [0.1, 0.15) is 43.3 Å². The molecule has 0 aliphatic heterocycles. The highest BCUT2D eigenvalue weighted by Crippen LogP contribution is 2.30. The molecule has 0 aliphatic rings. The molecule has 2 rings (SSSR count). The molecule has 0 saturated carbocycles. The van der Waals surface area contributed by atoms with Crippen LogP contribution in [0, 0.1) is 20.8 Å². The monoisotopic (exact) mass is 283 g/mol. The highest BCUT2D eigenvalue weighted by molar-refractivity contribution is 5.70. The molecule has 3 heteroatoms. The van der Waals surface area contributed by atoms with Gasteiger partial charge in [0.2, 0.25) is 0 Å². The third kappa shape index (κ3) is 3.23. The summed E-state index contributed by atoms with van der Waals surface area (Å²) in [5.41, 5.74) is 5.93. The van der Waals surface area contributed by atoms with E-state index in [0.717, 1.165) is 17.3 Å². The fourth-order valence-corrected chi connectivity index (χ4v) is 2.62. The molecule has 0 aliphatic carbocycles. The minimum atomic E-state index is -0.0753. The van der Waals surface area contributed by atoms with Crippen molar-refractivity contribution in [3.05, 3.63) is 40.7 Å². The first-order valence-electron chi connectivity index (χ1n) is 7.38. The summed E-state index contributed by atoms with van der Waals surface area (Å²) in [5, 5.41) is 3.15. The third-order valence-corrected chi connectivity index (χ3v) is 3.59. The van der Waals surface area contributed by atoms with Crippen LogP contribution in [0.5, 0.6) is 0 Å². The molecule has 1 N–H and O–H groups in total. The van der Waals surface area contributed by atoms with Crippen molar-refractivity contribution in [3.63, 3.8) is 0 Å². The number of benzene rings is 1. The molecule has 0 unspecified atom stereocenters. The number of hydrogen-bond acceptors (Lipinski definition) is 3. The summed E-state index contributed by atoms with van der Waals surface area (Å²) in [6, 6.07) is 6.44. The third-order valence-electron chi connectivity index (χ3n) is 3.59. The molecule has 21 heavy (non-hydrogen) atoms. The standard InChI is InChI=1S/C18H25N3/c1-11-8-12(2)16(13(3)9-11)14-10-15(19-7)21-17(20-14)18(4,5)6/h8-10H,1-7H3,(H,19,20,21). The summed E-state index contributed by atoms with van der Waals surface area (Å²) >= 11 is 0. The van der Waals surface area contributed by atoms with Crippen molar-refractivity contribution in [2.45, 2.75) is 47.0 Å². The topological polar surface area (TPSA) is 37.8 Å². The predicted molar refractivity (Wildman–Crippen MR) is 89.9 cm³/mol. The van der Waals surface area contributed by atoms with Crippen LogP contribution in [-0.2, 0) is 5.41 Å². The Morgan fingerprint density at radius 2 is 1.48 bits per heavy atom. The molecule has 0 amide bonds. The van der Waals surface area contributed by atoms with Crippen molar-refractivity contribution in [2.75, 3.05) is 12.4 Å². The minimum absolute atomic E-state index is 0.0753. The maximum Gasteiger partial charge on any atom is 0.136 e. The maximum absolute atomic E-state index is 4.82. The van der Waals surface area contributed by atoms with Gasteiger partial charge in [-0.05, 0) is 31.9 Å². The van der Waals surface area contributed by atoms with Gasteiger partial charge in [0, 0.05) is 24.1 Å². The predicted octanol–water partition coefficient (Wildman–Crippen LogP) is 4.41. The summed E-state index contributed by atoms with van der Waals surface area (Å²) < 4.78 is 0. The first-order chi connectivity index (χ1) is 9.72. The van der Waals surface area contributed by atoms with Crippen LogP contribution in [0.2, 0.25) is 0 Å². The van der Waals surface area contributed by atoms with Crippen molar-refractivity contribution < 1.29 is 0 Å². The molecule has 1 aromatic carbocycles. The number of anilines is 1. The maximum atomic E-state index is 4.82. The molecule has 0 saturated heterocycles. The lowest BCUT2D eigenvalue weighted by Crippen LogP contribution is -2.17. The summed E-state index contributed by atoms with van der Waals surface area (Å²) in [6.45, 7) is 12.8. The number of aromatic nitrogens is 2. The van der Waals surface area contributed by atoms with E-state index in [1.54, 1.807) is 0 Å². The van der Waals surface area contributed by atoms with E-state index in [1.165, 1.54) is 22.3 Å². The molecule has 0 bridgehead atoms. The number of hydrogen-bond donors (Lipinski definition) is 1. The second-order valence-corrected chi connectivity index (χ2v) is 6.74.